The summed E-state index contributed by atoms with van der Waals surface area (Å²) in [5.41, 5.74) is 3.16. The molecule has 2 aromatic rings. The maximum atomic E-state index is 11.7. The topological polar surface area (TPSA) is 59.4 Å². The Morgan fingerprint density at radius 1 is 1.40 bits per heavy atom. The van der Waals surface area contributed by atoms with Crippen molar-refractivity contribution in [2.75, 3.05) is 26.7 Å². The molecule has 1 atom stereocenters. The minimum Gasteiger partial charge on any atom is -0.493 e. The average Bonchev–Trinajstić information content (AvgIpc) is 3.30. The third kappa shape index (κ3) is 3.39. The highest BCUT2D eigenvalue weighted by molar-refractivity contribution is 5.91. The Bertz CT molecular complexity index is 771. The summed E-state index contributed by atoms with van der Waals surface area (Å²) >= 11 is 0. The molecule has 132 valence electrons. The predicted octanol–water partition coefficient (Wildman–Crippen LogP) is 2.01. The molecule has 25 heavy (non-hydrogen) atoms. The molecule has 0 saturated carbocycles. The van der Waals surface area contributed by atoms with E-state index >= 15 is 0 Å². The molecular formula is C19H24N4O2. The van der Waals surface area contributed by atoms with Gasteiger partial charge in [0.2, 0.25) is 0 Å². The number of benzene rings is 1. The van der Waals surface area contributed by atoms with Gasteiger partial charge < -0.3 is 10.1 Å². The Labute approximate surface area is 147 Å². The summed E-state index contributed by atoms with van der Waals surface area (Å²) in [6.07, 6.45) is 5.18. The zero-order valence-electron chi connectivity index (χ0n) is 14.6. The van der Waals surface area contributed by atoms with Gasteiger partial charge in [-0.1, -0.05) is 12.1 Å². The lowest BCUT2D eigenvalue weighted by atomic mass is 10.0. The van der Waals surface area contributed by atoms with Crippen molar-refractivity contribution < 1.29 is 9.53 Å². The smallest absolute Gasteiger partial charge is 0.271 e. The maximum Gasteiger partial charge on any atom is 0.271 e. The van der Waals surface area contributed by atoms with Crippen molar-refractivity contribution in [3.63, 3.8) is 0 Å². The molecule has 0 unspecified atom stereocenters. The molecule has 1 aromatic carbocycles. The maximum absolute atomic E-state index is 11.7. The summed E-state index contributed by atoms with van der Waals surface area (Å²) in [5.74, 6) is 0.908. The summed E-state index contributed by atoms with van der Waals surface area (Å²) in [5, 5.41) is 7.08. The van der Waals surface area contributed by atoms with E-state index in [4.69, 9.17) is 4.74 Å². The summed E-state index contributed by atoms with van der Waals surface area (Å²) in [4.78, 5) is 14.2. The molecule has 1 N–H and O–H groups in total. The molecule has 1 amide bonds. The standard InChI is InChI=1S/C19H24N4O2/c1-20-19(24)17-6-9-23(21-17)16-3-2-8-22(13-16)12-14-4-5-18-15(11-14)7-10-25-18/h4-6,9,11,16H,2-3,7-8,10,12-13H2,1H3,(H,20,24)/t16-/m0/s1. The van der Waals surface area contributed by atoms with Crippen LogP contribution >= 0.6 is 0 Å². The van der Waals surface area contributed by atoms with Crippen LogP contribution in [-0.2, 0) is 13.0 Å². The van der Waals surface area contributed by atoms with Crippen LogP contribution in [0.3, 0.4) is 0 Å². The minimum absolute atomic E-state index is 0.133. The lowest BCUT2D eigenvalue weighted by molar-refractivity contribution is 0.0955. The van der Waals surface area contributed by atoms with Gasteiger partial charge in [-0.25, -0.2) is 0 Å². The van der Waals surface area contributed by atoms with Crippen LogP contribution in [0.1, 0.15) is 40.5 Å². The fraction of sp³-hybridized carbons (Fsp3) is 0.474. The van der Waals surface area contributed by atoms with Crippen LogP contribution < -0.4 is 10.1 Å². The number of carbonyl (C=O) groups is 1. The van der Waals surface area contributed by atoms with Crippen LogP contribution in [0, 0.1) is 0 Å². The number of rotatable bonds is 4. The summed E-state index contributed by atoms with van der Waals surface area (Å²) in [6.45, 7) is 3.82. The third-order valence-electron chi connectivity index (χ3n) is 5.08. The van der Waals surface area contributed by atoms with Crippen LogP contribution in [0.4, 0.5) is 0 Å². The van der Waals surface area contributed by atoms with E-state index in [1.54, 1.807) is 13.1 Å². The zero-order valence-corrected chi connectivity index (χ0v) is 14.6. The van der Waals surface area contributed by atoms with E-state index in [1.807, 2.05) is 10.9 Å². The first kappa shape index (κ1) is 16.1. The number of nitrogens with one attached hydrogen (secondary N) is 1. The number of amides is 1. The Morgan fingerprint density at radius 2 is 2.32 bits per heavy atom. The zero-order chi connectivity index (χ0) is 17.2. The molecule has 0 spiro atoms. The normalized spacial score (nSPS) is 20.1. The van der Waals surface area contributed by atoms with Gasteiger partial charge in [-0.05, 0) is 42.6 Å². The van der Waals surface area contributed by atoms with Crippen LogP contribution in [0.15, 0.2) is 30.5 Å². The molecule has 1 aromatic heterocycles. The molecule has 0 bridgehead atoms. The number of fused-ring (bicyclic) bond motifs is 1. The number of carbonyl (C=O) groups excluding carboxylic acids is 1. The number of aromatic nitrogens is 2. The van der Waals surface area contributed by atoms with Crippen LogP contribution in [-0.4, -0.2) is 47.3 Å². The van der Waals surface area contributed by atoms with E-state index in [2.05, 4.69) is 33.5 Å². The Kier molecular flexibility index (Phi) is 4.44. The fourth-order valence-corrected chi connectivity index (χ4v) is 3.78. The van der Waals surface area contributed by atoms with Crippen molar-refractivity contribution in [1.82, 2.24) is 20.0 Å². The highest BCUT2D eigenvalue weighted by Gasteiger charge is 2.23. The molecule has 0 aliphatic carbocycles. The van der Waals surface area contributed by atoms with Gasteiger partial charge in [0.1, 0.15) is 11.4 Å². The second kappa shape index (κ2) is 6.88. The van der Waals surface area contributed by atoms with Gasteiger partial charge in [-0.3, -0.25) is 14.4 Å². The quantitative estimate of drug-likeness (QED) is 0.925. The second-order valence-corrected chi connectivity index (χ2v) is 6.83. The Hall–Kier alpha value is -2.34. The highest BCUT2D eigenvalue weighted by atomic mass is 16.5. The van der Waals surface area contributed by atoms with Gasteiger partial charge in [0.15, 0.2) is 0 Å². The highest BCUT2D eigenvalue weighted by Crippen LogP contribution is 2.28. The first-order valence-electron chi connectivity index (χ1n) is 8.97. The monoisotopic (exact) mass is 340 g/mol. The van der Waals surface area contributed by atoms with Crippen molar-refractivity contribution in [3.8, 4) is 5.75 Å². The van der Waals surface area contributed by atoms with Gasteiger partial charge in [0.05, 0.1) is 12.6 Å². The van der Waals surface area contributed by atoms with Crippen LogP contribution in [0.5, 0.6) is 5.75 Å². The molecule has 3 heterocycles. The first-order valence-corrected chi connectivity index (χ1v) is 8.97. The molecule has 1 saturated heterocycles. The Morgan fingerprint density at radius 3 is 3.20 bits per heavy atom. The number of hydrogen-bond acceptors (Lipinski definition) is 4. The van der Waals surface area contributed by atoms with Gasteiger partial charge in [0, 0.05) is 32.8 Å². The summed E-state index contributed by atoms with van der Waals surface area (Å²) in [6, 6.07) is 8.67. The van der Waals surface area contributed by atoms with Crippen molar-refractivity contribution in [1.29, 1.82) is 0 Å². The number of nitrogens with zero attached hydrogens (tertiary/aromatic N) is 3. The van der Waals surface area contributed by atoms with Crippen molar-refractivity contribution >= 4 is 5.91 Å². The minimum atomic E-state index is -0.133. The Balaban J connectivity index is 1.42. The number of piperidine rings is 1. The first-order chi connectivity index (χ1) is 12.2. The number of likely N-dealkylation sites (tertiary alicyclic amines) is 1. The van der Waals surface area contributed by atoms with E-state index in [1.165, 1.54) is 11.1 Å². The predicted molar refractivity (Wildman–Crippen MR) is 94.8 cm³/mol. The van der Waals surface area contributed by atoms with Crippen molar-refractivity contribution in [2.24, 2.45) is 0 Å². The number of hydrogen-bond donors (Lipinski definition) is 1. The van der Waals surface area contributed by atoms with Crippen molar-refractivity contribution in [2.45, 2.75) is 31.8 Å². The van der Waals surface area contributed by atoms with Gasteiger partial charge in [-0.15, -0.1) is 0 Å². The van der Waals surface area contributed by atoms with E-state index in [9.17, 15) is 4.79 Å². The van der Waals surface area contributed by atoms with Crippen LogP contribution in [0.25, 0.3) is 0 Å². The summed E-state index contributed by atoms with van der Waals surface area (Å²) < 4.78 is 7.54. The second-order valence-electron chi connectivity index (χ2n) is 6.83. The van der Waals surface area contributed by atoms with Gasteiger partial charge >= 0.3 is 0 Å². The van der Waals surface area contributed by atoms with E-state index in [0.717, 1.165) is 51.3 Å². The third-order valence-corrected chi connectivity index (χ3v) is 5.08. The van der Waals surface area contributed by atoms with E-state index in [-0.39, 0.29) is 5.91 Å². The molecule has 4 rings (SSSR count). The molecule has 6 heteroatoms. The molecule has 2 aliphatic heterocycles. The molecule has 6 nitrogen and oxygen atoms in total. The van der Waals surface area contributed by atoms with E-state index in [0.29, 0.717) is 11.7 Å². The molecular weight excluding hydrogens is 316 g/mol. The number of ether oxygens (including phenoxy) is 1. The van der Waals surface area contributed by atoms with E-state index < -0.39 is 0 Å². The fourth-order valence-electron chi connectivity index (χ4n) is 3.78. The van der Waals surface area contributed by atoms with Gasteiger partial charge in [0.25, 0.3) is 5.91 Å². The molecule has 1 fully saturated rings. The molecule has 0 radical (unpaired) electrons. The summed E-state index contributed by atoms with van der Waals surface area (Å²) in [7, 11) is 1.63. The van der Waals surface area contributed by atoms with Gasteiger partial charge in [-0.2, -0.15) is 5.10 Å². The lowest BCUT2D eigenvalue weighted by Gasteiger charge is -2.33. The SMILES string of the molecule is CNC(=O)c1ccn([C@H]2CCCN(Cc3ccc4c(c3)CCO4)C2)n1. The lowest BCUT2D eigenvalue weighted by Crippen LogP contribution is -2.36. The largest absolute Gasteiger partial charge is 0.493 e. The van der Waals surface area contributed by atoms with Crippen molar-refractivity contribution in [3.05, 3.63) is 47.3 Å². The average molecular weight is 340 g/mol. The molecule has 2 aliphatic rings. The van der Waals surface area contributed by atoms with Crippen LogP contribution in [0.2, 0.25) is 0 Å².